The first-order chi connectivity index (χ1) is 17.3. The van der Waals surface area contributed by atoms with Crippen LogP contribution in [0.3, 0.4) is 0 Å². The van der Waals surface area contributed by atoms with Gasteiger partial charge in [-0.2, -0.15) is 0 Å². The lowest BCUT2D eigenvalue weighted by Crippen LogP contribution is -2.61. The van der Waals surface area contributed by atoms with E-state index in [0.29, 0.717) is 12.3 Å². The lowest BCUT2D eigenvalue weighted by molar-refractivity contribution is -0.291. The number of ether oxygens (including phenoxy) is 4. The molecule has 7 aliphatic rings. The highest BCUT2D eigenvalue weighted by Crippen LogP contribution is 2.76. The molecular formula is C30H44O7. The summed E-state index contributed by atoms with van der Waals surface area (Å²) in [6, 6.07) is 0. The van der Waals surface area contributed by atoms with Gasteiger partial charge in [0, 0.05) is 19.3 Å². The molecule has 0 bridgehead atoms. The molecule has 4 aliphatic carbocycles. The van der Waals surface area contributed by atoms with Crippen LogP contribution in [0.1, 0.15) is 92.9 Å². The van der Waals surface area contributed by atoms with Crippen LogP contribution in [-0.4, -0.2) is 52.3 Å². The largest absolute Gasteiger partial charge is 0.463 e. The van der Waals surface area contributed by atoms with Crippen molar-refractivity contribution < 1.29 is 33.6 Å². The fourth-order valence-corrected chi connectivity index (χ4v) is 11.3. The minimum Gasteiger partial charge on any atom is -0.463 e. The Morgan fingerprint density at radius 2 is 1.84 bits per heavy atom. The molecule has 0 amide bonds. The van der Waals surface area contributed by atoms with Crippen LogP contribution in [-0.2, 0) is 28.5 Å². The Bertz CT molecular complexity index is 1040. The van der Waals surface area contributed by atoms with Crippen molar-refractivity contribution >= 4 is 11.9 Å². The lowest BCUT2D eigenvalue weighted by atomic mass is 9.43. The number of hydrogen-bond acceptors (Lipinski definition) is 7. The van der Waals surface area contributed by atoms with Crippen molar-refractivity contribution in [2.45, 2.75) is 128 Å². The van der Waals surface area contributed by atoms with E-state index in [9.17, 15) is 14.7 Å². The number of carbonyl (C=O) groups is 2. The normalized spacial score (nSPS) is 58.9. The van der Waals surface area contributed by atoms with E-state index in [0.717, 1.165) is 44.9 Å². The van der Waals surface area contributed by atoms with Crippen LogP contribution >= 0.6 is 0 Å². The molecular weight excluding hydrogens is 472 g/mol. The van der Waals surface area contributed by atoms with Crippen LogP contribution in [0.15, 0.2) is 0 Å². The molecule has 7 nitrogen and oxygen atoms in total. The van der Waals surface area contributed by atoms with Crippen LogP contribution < -0.4 is 0 Å². The third kappa shape index (κ3) is 2.84. The molecule has 7 fully saturated rings. The van der Waals surface area contributed by atoms with Gasteiger partial charge in [0.1, 0.15) is 6.10 Å². The van der Waals surface area contributed by atoms with Crippen LogP contribution in [0, 0.1) is 46.3 Å². The molecule has 13 atom stereocenters. The minimum absolute atomic E-state index is 0.0137. The maximum absolute atomic E-state index is 14.0. The maximum Gasteiger partial charge on any atom is 0.313 e. The topological polar surface area (TPSA) is 91.3 Å². The van der Waals surface area contributed by atoms with Gasteiger partial charge in [-0.05, 0) is 101 Å². The quantitative estimate of drug-likeness (QED) is 0.517. The van der Waals surface area contributed by atoms with Crippen molar-refractivity contribution in [3.8, 4) is 0 Å². The van der Waals surface area contributed by atoms with E-state index in [1.807, 2.05) is 6.92 Å². The number of rotatable bonds is 1. The number of carbonyl (C=O) groups excluding carboxylic acids is 2. The predicted octanol–water partition coefficient (Wildman–Crippen LogP) is 4.38. The Morgan fingerprint density at radius 1 is 1.08 bits per heavy atom. The number of fused-ring (bicyclic) bond motifs is 5. The molecule has 3 aliphatic heterocycles. The average Bonchev–Trinajstić information content (AvgIpc) is 3.39. The molecule has 7 heteroatoms. The molecule has 3 saturated heterocycles. The summed E-state index contributed by atoms with van der Waals surface area (Å²) >= 11 is 0. The molecule has 1 unspecified atom stereocenters. The summed E-state index contributed by atoms with van der Waals surface area (Å²) in [7, 11) is 0. The highest BCUT2D eigenvalue weighted by atomic mass is 16.8. The summed E-state index contributed by atoms with van der Waals surface area (Å²) in [5.74, 6) is -0.0263. The van der Waals surface area contributed by atoms with Crippen molar-refractivity contribution in [1.29, 1.82) is 0 Å². The summed E-state index contributed by atoms with van der Waals surface area (Å²) < 4.78 is 25.6. The predicted molar refractivity (Wildman–Crippen MR) is 133 cm³/mol. The van der Waals surface area contributed by atoms with Crippen molar-refractivity contribution in [2.24, 2.45) is 46.3 Å². The third-order valence-corrected chi connectivity index (χ3v) is 13.0. The van der Waals surface area contributed by atoms with Gasteiger partial charge in [0.05, 0.1) is 23.2 Å². The van der Waals surface area contributed by atoms with E-state index in [2.05, 4.69) is 27.7 Å². The standard InChI is InChI=1S/C30H44O7/c1-15-13-30(37-26(15,3)4)28(6)24-22(35-30)12-20-19-8-7-17-11-18(34-16(2)31)9-10-27(17,5)23(19)21(32)14-29(20,24)25(33)36-28/h15,17-24,32H,7-14H2,1-6H3/t15-,17-,18+,19-,20-,21-,22-,23+,24+,27-,28+,29+,30?/m0/s1. The second-order valence-corrected chi connectivity index (χ2v) is 14.8. The molecule has 206 valence electrons. The third-order valence-electron chi connectivity index (χ3n) is 13.0. The first-order valence-corrected chi connectivity index (χ1v) is 14.7. The first kappa shape index (κ1) is 24.8. The van der Waals surface area contributed by atoms with Gasteiger partial charge in [-0.25, -0.2) is 0 Å². The van der Waals surface area contributed by atoms with E-state index < -0.39 is 22.9 Å². The molecule has 2 spiro atoms. The summed E-state index contributed by atoms with van der Waals surface area (Å²) in [4.78, 5) is 25.6. The van der Waals surface area contributed by atoms with Gasteiger partial charge in [-0.3, -0.25) is 9.59 Å². The van der Waals surface area contributed by atoms with Crippen LogP contribution in [0.4, 0.5) is 0 Å². The number of esters is 2. The maximum atomic E-state index is 14.0. The second kappa shape index (κ2) is 7.31. The molecule has 4 saturated carbocycles. The molecule has 7 rings (SSSR count). The highest BCUT2D eigenvalue weighted by Gasteiger charge is 2.85. The number of aliphatic hydroxyl groups is 1. The molecule has 0 aromatic carbocycles. The summed E-state index contributed by atoms with van der Waals surface area (Å²) in [5, 5.41) is 11.9. The number of aliphatic hydroxyl groups excluding tert-OH is 1. The highest BCUT2D eigenvalue weighted by molar-refractivity contribution is 5.83. The second-order valence-electron chi connectivity index (χ2n) is 14.8. The summed E-state index contributed by atoms with van der Waals surface area (Å²) in [5.41, 5.74) is -1.89. The van der Waals surface area contributed by atoms with Gasteiger partial charge in [0.15, 0.2) is 5.60 Å². The van der Waals surface area contributed by atoms with E-state index >= 15 is 0 Å². The van der Waals surface area contributed by atoms with Gasteiger partial charge in [0.25, 0.3) is 0 Å². The molecule has 37 heavy (non-hydrogen) atoms. The van der Waals surface area contributed by atoms with E-state index in [4.69, 9.17) is 18.9 Å². The summed E-state index contributed by atoms with van der Waals surface area (Å²) in [6.45, 7) is 12.3. The fraction of sp³-hybridized carbons (Fsp3) is 0.933. The zero-order valence-electron chi connectivity index (χ0n) is 23.2. The Labute approximate surface area is 220 Å². The molecule has 0 aromatic heterocycles. The molecule has 3 heterocycles. The smallest absolute Gasteiger partial charge is 0.313 e. The van der Waals surface area contributed by atoms with Crippen LogP contribution in [0.2, 0.25) is 0 Å². The molecule has 0 radical (unpaired) electrons. The Hall–Kier alpha value is -1.18. The molecule has 1 N–H and O–H groups in total. The Morgan fingerprint density at radius 3 is 2.51 bits per heavy atom. The van der Waals surface area contributed by atoms with Gasteiger partial charge < -0.3 is 24.1 Å². The molecule has 0 aromatic rings. The number of hydrogen-bond donors (Lipinski definition) is 1. The van der Waals surface area contributed by atoms with Crippen LogP contribution in [0.5, 0.6) is 0 Å². The minimum atomic E-state index is -0.907. The SMILES string of the molecule is CC(=O)O[C@@H]1CC[C@@]2(C)[C@@H](CC[C@@H]3[C@@H]2[C@@H](O)C[C@]24C(=O)O[C@]5(C)[C@H]2[C@H](C[C@@H]34)OC52C[C@H](C)C(C)(C)O2)C1. The van der Waals surface area contributed by atoms with E-state index in [1.54, 1.807) is 0 Å². The fourth-order valence-electron chi connectivity index (χ4n) is 11.3. The van der Waals surface area contributed by atoms with Gasteiger partial charge in [-0.1, -0.05) is 13.8 Å². The summed E-state index contributed by atoms with van der Waals surface area (Å²) in [6.07, 6.45) is 6.10. The van der Waals surface area contributed by atoms with Crippen molar-refractivity contribution in [3.63, 3.8) is 0 Å². The lowest BCUT2D eigenvalue weighted by Gasteiger charge is -2.61. The monoisotopic (exact) mass is 516 g/mol. The van der Waals surface area contributed by atoms with Crippen LogP contribution in [0.25, 0.3) is 0 Å². The van der Waals surface area contributed by atoms with Gasteiger partial charge in [-0.15, -0.1) is 0 Å². The van der Waals surface area contributed by atoms with E-state index in [-0.39, 0.29) is 64.8 Å². The van der Waals surface area contributed by atoms with Gasteiger partial charge in [0.2, 0.25) is 5.79 Å². The first-order valence-electron chi connectivity index (χ1n) is 14.7. The van der Waals surface area contributed by atoms with Crippen molar-refractivity contribution in [1.82, 2.24) is 0 Å². The van der Waals surface area contributed by atoms with Gasteiger partial charge >= 0.3 is 11.9 Å². The zero-order valence-corrected chi connectivity index (χ0v) is 23.2. The zero-order chi connectivity index (χ0) is 26.3. The Kier molecular flexibility index (Phi) is 4.91. The van der Waals surface area contributed by atoms with E-state index in [1.165, 1.54) is 6.92 Å². The average molecular weight is 517 g/mol. The Balaban J connectivity index is 1.22. The van der Waals surface area contributed by atoms with Crippen molar-refractivity contribution in [3.05, 3.63) is 0 Å². The van der Waals surface area contributed by atoms with Crippen molar-refractivity contribution in [2.75, 3.05) is 0 Å².